The van der Waals surface area contributed by atoms with Crippen LogP contribution in [0.4, 0.5) is 11.4 Å². The molecule has 2 heterocycles. The van der Waals surface area contributed by atoms with E-state index in [0.717, 1.165) is 27.7 Å². The quantitative estimate of drug-likeness (QED) is 0.480. The summed E-state index contributed by atoms with van der Waals surface area (Å²) in [5.74, 6) is -0.0652. The number of benzene rings is 2. The molecule has 29 heavy (non-hydrogen) atoms. The van der Waals surface area contributed by atoms with Crippen molar-refractivity contribution in [1.82, 2.24) is 9.13 Å². The van der Waals surface area contributed by atoms with Gasteiger partial charge in [-0.25, -0.2) is 0 Å². The first kappa shape index (κ1) is 18.9. The van der Waals surface area contributed by atoms with Gasteiger partial charge < -0.3 is 15.6 Å². The molecule has 0 bridgehead atoms. The van der Waals surface area contributed by atoms with Gasteiger partial charge in [-0.05, 0) is 68.8 Å². The number of hydrogen-bond donors (Lipinski definition) is 2. The maximum Gasteiger partial charge on any atom is 0.278 e. The molecule has 4 rings (SSSR count). The highest BCUT2D eigenvalue weighted by Gasteiger charge is 2.17. The van der Waals surface area contributed by atoms with E-state index in [-0.39, 0.29) is 11.4 Å². The highest BCUT2D eigenvalue weighted by atomic mass is 16.2. The third kappa shape index (κ3) is 3.76. The smallest absolute Gasteiger partial charge is 0.278 e. The summed E-state index contributed by atoms with van der Waals surface area (Å²) in [6, 6.07) is 17.7. The monoisotopic (exact) mass is 386 g/mol. The van der Waals surface area contributed by atoms with Gasteiger partial charge in [0.25, 0.3) is 5.91 Å². The fraction of sp³-hybridized carbons (Fsp3) is 0.208. The van der Waals surface area contributed by atoms with E-state index in [1.807, 2.05) is 48.1 Å². The van der Waals surface area contributed by atoms with Crippen molar-refractivity contribution in [2.24, 2.45) is 7.05 Å². The molecule has 148 valence electrons. The van der Waals surface area contributed by atoms with Crippen molar-refractivity contribution < 1.29 is 4.79 Å². The number of aryl methyl sites for hydroxylation is 1. The minimum atomic E-state index is -0.0652. The van der Waals surface area contributed by atoms with Crippen LogP contribution < -0.4 is 11.1 Å². The Labute approximate surface area is 170 Å². The Morgan fingerprint density at radius 2 is 1.69 bits per heavy atom. The lowest BCUT2D eigenvalue weighted by molar-refractivity contribution is 0.0957. The van der Waals surface area contributed by atoms with Gasteiger partial charge in [0, 0.05) is 47.3 Å². The van der Waals surface area contributed by atoms with E-state index in [4.69, 9.17) is 5.73 Å². The van der Waals surface area contributed by atoms with Crippen LogP contribution in [0.1, 0.15) is 31.3 Å². The summed E-state index contributed by atoms with van der Waals surface area (Å²) in [6.45, 7) is 6.40. The van der Waals surface area contributed by atoms with E-state index in [1.165, 1.54) is 0 Å². The summed E-state index contributed by atoms with van der Waals surface area (Å²) >= 11 is 0. The van der Waals surface area contributed by atoms with Crippen LogP contribution in [0.2, 0.25) is 0 Å². The molecule has 5 nitrogen and oxygen atoms in total. The second-order valence-electron chi connectivity index (χ2n) is 8.49. The number of nitrogens with one attached hydrogen (secondary N) is 1. The number of fused-ring (bicyclic) bond motifs is 1. The zero-order chi connectivity index (χ0) is 20.8. The molecule has 0 amide bonds. The molecule has 0 saturated carbocycles. The molecule has 0 radical (unpaired) electrons. The van der Waals surface area contributed by atoms with Crippen LogP contribution in [0, 0.1) is 0 Å². The van der Waals surface area contributed by atoms with Gasteiger partial charge in [0.15, 0.2) is 0 Å². The first-order chi connectivity index (χ1) is 13.7. The van der Waals surface area contributed by atoms with Crippen molar-refractivity contribution in [3.8, 4) is 11.1 Å². The number of carbonyl (C=O) groups excluding carboxylic acids is 1. The number of nitrogens with zero attached hydrogens (tertiary/aromatic N) is 2. The molecule has 0 aliphatic heterocycles. The third-order valence-corrected chi connectivity index (χ3v) is 4.89. The van der Waals surface area contributed by atoms with Crippen molar-refractivity contribution >= 4 is 28.2 Å². The Morgan fingerprint density at radius 3 is 2.38 bits per heavy atom. The Kier molecular flexibility index (Phi) is 4.46. The van der Waals surface area contributed by atoms with E-state index in [1.54, 1.807) is 10.8 Å². The average molecular weight is 386 g/mol. The minimum absolute atomic E-state index is 0.0120. The summed E-state index contributed by atoms with van der Waals surface area (Å²) in [6.07, 6.45) is 3.79. The van der Waals surface area contributed by atoms with Gasteiger partial charge in [-0.15, -0.1) is 0 Å². The zero-order valence-corrected chi connectivity index (χ0v) is 17.2. The van der Waals surface area contributed by atoms with Crippen molar-refractivity contribution in [3.05, 3.63) is 72.7 Å². The predicted molar refractivity (Wildman–Crippen MR) is 120 cm³/mol. The van der Waals surface area contributed by atoms with Crippen LogP contribution in [0.25, 0.3) is 22.0 Å². The molecule has 3 N–H and O–H groups in total. The lowest BCUT2D eigenvalue weighted by Crippen LogP contribution is -2.25. The number of aromatic nitrogens is 2. The fourth-order valence-corrected chi connectivity index (χ4v) is 3.58. The van der Waals surface area contributed by atoms with Gasteiger partial charge in [0.05, 0.1) is 5.52 Å². The molecule has 0 aliphatic carbocycles. The molecule has 5 heteroatoms. The van der Waals surface area contributed by atoms with Crippen LogP contribution >= 0.6 is 0 Å². The molecule has 0 spiro atoms. The van der Waals surface area contributed by atoms with Gasteiger partial charge in [0.1, 0.15) is 5.69 Å². The van der Waals surface area contributed by atoms with Crippen molar-refractivity contribution in [1.29, 1.82) is 0 Å². The van der Waals surface area contributed by atoms with E-state index in [0.29, 0.717) is 11.4 Å². The van der Waals surface area contributed by atoms with Crippen LogP contribution in [0.15, 0.2) is 67.0 Å². The van der Waals surface area contributed by atoms with Gasteiger partial charge >= 0.3 is 0 Å². The van der Waals surface area contributed by atoms with Gasteiger partial charge in [0.2, 0.25) is 0 Å². The summed E-state index contributed by atoms with van der Waals surface area (Å²) in [4.78, 5) is 13.2. The molecule has 0 atom stereocenters. The fourth-order valence-electron chi connectivity index (χ4n) is 3.58. The van der Waals surface area contributed by atoms with E-state index >= 15 is 0 Å². The second kappa shape index (κ2) is 6.85. The van der Waals surface area contributed by atoms with E-state index in [2.05, 4.69) is 50.4 Å². The summed E-state index contributed by atoms with van der Waals surface area (Å²) in [5, 5.41) is 4.42. The molecular formula is C24H26N4O. The first-order valence-corrected chi connectivity index (χ1v) is 9.67. The average Bonchev–Trinajstić information content (AvgIpc) is 3.23. The largest absolute Gasteiger partial charge is 0.399 e. The molecule has 0 aliphatic rings. The Balaban J connectivity index is 1.64. The Hall–Kier alpha value is -3.47. The number of nitrogen functional groups attached to an aromatic ring is 1. The Morgan fingerprint density at radius 1 is 0.966 bits per heavy atom. The number of hydrogen-bond acceptors (Lipinski definition) is 3. The highest BCUT2D eigenvalue weighted by molar-refractivity contribution is 6.02. The van der Waals surface area contributed by atoms with E-state index in [9.17, 15) is 4.79 Å². The predicted octanol–water partition coefficient (Wildman–Crippen LogP) is 5.13. The number of anilines is 2. The van der Waals surface area contributed by atoms with Crippen LogP contribution in [-0.2, 0) is 7.05 Å². The summed E-state index contributed by atoms with van der Waals surface area (Å²) < 4.78 is 3.55. The zero-order valence-electron chi connectivity index (χ0n) is 17.2. The highest BCUT2D eigenvalue weighted by Crippen LogP contribution is 2.26. The second-order valence-corrected chi connectivity index (χ2v) is 8.49. The molecule has 0 fully saturated rings. The van der Waals surface area contributed by atoms with Gasteiger partial charge in [-0.3, -0.25) is 9.36 Å². The van der Waals surface area contributed by atoms with Crippen LogP contribution in [-0.4, -0.2) is 20.6 Å². The Bertz CT molecular complexity index is 1190. The summed E-state index contributed by atoms with van der Waals surface area (Å²) in [7, 11) is 1.90. The van der Waals surface area contributed by atoms with Gasteiger partial charge in [-0.2, -0.15) is 0 Å². The number of rotatable bonds is 3. The SMILES string of the molecule is Cn1cc(-c2ccc(NC(C)(C)C)cc2)cc1C(=O)n1ccc2cc(N)ccc21. The van der Waals surface area contributed by atoms with Crippen molar-refractivity contribution in [3.63, 3.8) is 0 Å². The number of carbonyl (C=O) groups is 1. The number of nitrogens with two attached hydrogens (primary N) is 1. The maximum absolute atomic E-state index is 13.2. The molecule has 2 aromatic carbocycles. The lowest BCUT2D eigenvalue weighted by Gasteiger charge is -2.22. The molecule has 2 aromatic heterocycles. The molecular weight excluding hydrogens is 360 g/mol. The summed E-state index contributed by atoms with van der Waals surface area (Å²) in [5.41, 5.74) is 11.2. The van der Waals surface area contributed by atoms with Gasteiger partial charge in [-0.1, -0.05) is 12.1 Å². The van der Waals surface area contributed by atoms with Crippen molar-refractivity contribution in [2.45, 2.75) is 26.3 Å². The maximum atomic E-state index is 13.2. The van der Waals surface area contributed by atoms with Crippen LogP contribution in [0.5, 0.6) is 0 Å². The first-order valence-electron chi connectivity index (χ1n) is 9.67. The minimum Gasteiger partial charge on any atom is -0.399 e. The van der Waals surface area contributed by atoms with Crippen LogP contribution in [0.3, 0.4) is 0 Å². The molecule has 4 aromatic rings. The van der Waals surface area contributed by atoms with Crippen molar-refractivity contribution in [2.75, 3.05) is 11.1 Å². The molecule has 0 unspecified atom stereocenters. The standard InChI is InChI=1S/C24H26N4O/c1-24(2,3)26-20-8-5-16(6-9-20)18-14-22(27(4)15-18)23(29)28-12-11-17-13-19(25)7-10-21(17)28/h5-15,26H,25H2,1-4H3. The third-order valence-electron chi connectivity index (χ3n) is 4.89. The normalized spacial score (nSPS) is 11.7. The topological polar surface area (TPSA) is 65.0 Å². The lowest BCUT2D eigenvalue weighted by atomic mass is 10.1. The molecule has 0 saturated heterocycles. The van der Waals surface area contributed by atoms with E-state index < -0.39 is 0 Å².